The van der Waals surface area contributed by atoms with Gasteiger partial charge in [-0.3, -0.25) is 19.2 Å². The molecule has 8 heteroatoms. The molecule has 0 radical (unpaired) electrons. The maximum atomic E-state index is 12.1. The minimum Gasteiger partial charge on any atom is -0.459 e. The Morgan fingerprint density at radius 1 is 1.15 bits per heavy atom. The van der Waals surface area contributed by atoms with Gasteiger partial charge in [0.1, 0.15) is 0 Å². The molecule has 0 aliphatic carbocycles. The summed E-state index contributed by atoms with van der Waals surface area (Å²) >= 11 is 0. The number of hydrogen-bond acceptors (Lipinski definition) is 6. The van der Waals surface area contributed by atoms with Crippen molar-refractivity contribution < 1.29 is 28.3 Å². The Morgan fingerprint density at radius 3 is 2.59 bits per heavy atom. The third-order valence-electron chi connectivity index (χ3n) is 3.57. The Bertz CT molecular complexity index is 828. The van der Waals surface area contributed by atoms with Crippen molar-refractivity contribution in [2.75, 3.05) is 11.9 Å². The number of furan rings is 1. The number of carbonyl (C=O) groups excluding carboxylic acids is 4. The maximum Gasteiger partial charge on any atom is 0.308 e. The molecule has 2 amide bonds. The van der Waals surface area contributed by atoms with E-state index in [1.54, 1.807) is 30.3 Å². The van der Waals surface area contributed by atoms with Crippen LogP contribution in [0.2, 0.25) is 0 Å². The molecule has 1 aromatic heterocycles. The zero-order valence-electron chi connectivity index (χ0n) is 15.0. The van der Waals surface area contributed by atoms with E-state index in [4.69, 9.17) is 9.15 Å². The Labute approximate surface area is 155 Å². The van der Waals surface area contributed by atoms with Gasteiger partial charge < -0.3 is 19.8 Å². The first-order chi connectivity index (χ1) is 12.9. The molecule has 1 aromatic carbocycles. The van der Waals surface area contributed by atoms with Gasteiger partial charge in [0.15, 0.2) is 17.6 Å². The average Bonchev–Trinajstić information content (AvgIpc) is 3.16. The van der Waals surface area contributed by atoms with Crippen LogP contribution in [-0.2, 0) is 14.3 Å². The predicted octanol–water partition coefficient (Wildman–Crippen LogP) is 2.17. The molecule has 0 fully saturated rings. The zero-order chi connectivity index (χ0) is 19.8. The van der Waals surface area contributed by atoms with Crippen molar-refractivity contribution >= 4 is 29.3 Å². The van der Waals surface area contributed by atoms with Crippen LogP contribution >= 0.6 is 0 Å². The molecule has 2 rings (SSSR count). The molecule has 1 atom stereocenters. The number of anilines is 1. The van der Waals surface area contributed by atoms with Crippen LogP contribution in [0.15, 0.2) is 47.1 Å². The number of carbonyl (C=O) groups is 4. The van der Waals surface area contributed by atoms with Gasteiger partial charge in [-0.2, -0.15) is 0 Å². The largest absolute Gasteiger partial charge is 0.459 e. The van der Waals surface area contributed by atoms with E-state index in [9.17, 15) is 19.2 Å². The van der Waals surface area contributed by atoms with E-state index in [-0.39, 0.29) is 24.5 Å². The van der Waals surface area contributed by atoms with Gasteiger partial charge in [-0.1, -0.05) is 12.1 Å². The maximum absolute atomic E-state index is 12.1. The van der Waals surface area contributed by atoms with Crippen molar-refractivity contribution in [2.24, 2.45) is 0 Å². The second-order valence-electron chi connectivity index (χ2n) is 5.74. The second kappa shape index (κ2) is 9.33. The Hall–Kier alpha value is -3.42. The number of benzene rings is 1. The second-order valence-corrected chi connectivity index (χ2v) is 5.74. The van der Waals surface area contributed by atoms with E-state index in [2.05, 4.69) is 10.6 Å². The SMILES string of the molecule is CC(=O)c1cccc(NC(=O)[C@H](C)OC(=O)CCNC(=O)c2ccco2)c1. The van der Waals surface area contributed by atoms with Crippen LogP contribution in [0, 0.1) is 0 Å². The number of amides is 2. The molecule has 0 aliphatic heterocycles. The van der Waals surface area contributed by atoms with Gasteiger partial charge in [0, 0.05) is 17.8 Å². The van der Waals surface area contributed by atoms with Crippen LogP contribution in [0.4, 0.5) is 5.69 Å². The van der Waals surface area contributed by atoms with Crippen molar-refractivity contribution in [2.45, 2.75) is 26.4 Å². The number of Topliss-reactive ketones (excluding diaryl/α,β-unsaturated/α-hetero) is 1. The molecule has 0 unspecified atom stereocenters. The lowest BCUT2D eigenvalue weighted by atomic mass is 10.1. The highest BCUT2D eigenvalue weighted by molar-refractivity contribution is 5.98. The van der Waals surface area contributed by atoms with E-state index in [1.807, 2.05) is 0 Å². The van der Waals surface area contributed by atoms with Crippen LogP contribution in [0.25, 0.3) is 0 Å². The normalized spacial score (nSPS) is 11.3. The fourth-order valence-electron chi connectivity index (χ4n) is 2.14. The van der Waals surface area contributed by atoms with Crippen molar-refractivity contribution in [1.29, 1.82) is 0 Å². The predicted molar refractivity (Wildman–Crippen MR) is 96.3 cm³/mol. The Morgan fingerprint density at radius 2 is 1.93 bits per heavy atom. The monoisotopic (exact) mass is 372 g/mol. The summed E-state index contributed by atoms with van der Waals surface area (Å²) in [7, 11) is 0. The third kappa shape index (κ3) is 6.10. The number of ether oxygens (including phenoxy) is 1. The lowest BCUT2D eigenvalue weighted by molar-refractivity contribution is -0.153. The van der Waals surface area contributed by atoms with Gasteiger partial charge in [0.25, 0.3) is 11.8 Å². The van der Waals surface area contributed by atoms with Crippen LogP contribution in [-0.4, -0.2) is 36.2 Å². The summed E-state index contributed by atoms with van der Waals surface area (Å²) in [5.74, 6) is -1.58. The summed E-state index contributed by atoms with van der Waals surface area (Å²) in [6.07, 6.45) is 0.249. The fourth-order valence-corrected chi connectivity index (χ4v) is 2.14. The van der Waals surface area contributed by atoms with E-state index < -0.39 is 23.9 Å². The average molecular weight is 372 g/mol. The van der Waals surface area contributed by atoms with Gasteiger partial charge in [0.2, 0.25) is 0 Å². The quantitative estimate of drug-likeness (QED) is 0.542. The molecule has 1 heterocycles. The van der Waals surface area contributed by atoms with Crippen LogP contribution in [0.3, 0.4) is 0 Å². The van der Waals surface area contributed by atoms with Gasteiger partial charge >= 0.3 is 5.97 Å². The number of rotatable bonds is 8. The zero-order valence-corrected chi connectivity index (χ0v) is 15.0. The van der Waals surface area contributed by atoms with Gasteiger partial charge in [-0.25, -0.2) is 0 Å². The lowest BCUT2D eigenvalue weighted by Crippen LogP contribution is -2.32. The molecular weight excluding hydrogens is 352 g/mol. The molecule has 2 aromatic rings. The van der Waals surface area contributed by atoms with Crippen molar-refractivity contribution in [3.8, 4) is 0 Å². The fraction of sp³-hybridized carbons (Fsp3) is 0.263. The highest BCUT2D eigenvalue weighted by Crippen LogP contribution is 2.12. The van der Waals surface area contributed by atoms with E-state index >= 15 is 0 Å². The Kier molecular flexibility index (Phi) is 6.87. The number of nitrogens with one attached hydrogen (secondary N) is 2. The van der Waals surface area contributed by atoms with Crippen LogP contribution in [0.5, 0.6) is 0 Å². The van der Waals surface area contributed by atoms with E-state index in [1.165, 1.54) is 26.2 Å². The summed E-state index contributed by atoms with van der Waals surface area (Å²) in [5, 5.41) is 5.09. The molecule has 0 aliphatic rings. The standard InChI is InChI=1S/C19H20N2O6/c1-12(22)14-5-3-6-15(11-14)21-18(24)13(2)27-17(23)8-9-20-19(25)16-7-4-10-26-16/h3-7,10-11,13H,8-9H2,1-2H3,(H,20,25)(H,21,24)/t13-/m0/s1. The lowest BCUT2D eigenvalue weighted by Gasteiger charge is -2.14. The summed E-state index contributed by atoms with van der Waals surface area (Å²) in [6.45, 7) is 2.91. The molecule has 0 saturated carbocycles. The smallest absolute Gasteiger partial charge is 0.308 e. The first-order valence-electron chi connectivity index (χ1n) is 8.30. The van der Waals surface area contributed by atoms with Crippen molar-refractivity contribution in [1.82, 2.24) is 5.32 Å². The highest BCUT2D eigenvalue weighted by atomic mass is 16.5. The van der Waals surface area contributed by atoms with Gasteiger partial charge in [0.05, 0.1) is 12.7 Å². The topological polar surface area (TPSA) is 115 Å². The summed E-state index contributed by atoms with van der Waals surface area (Å²) in [5.41, 5.74) is 0.894. The Balaban J connectivity index is 1.76. The molecule has 0 spiro atoms. The van der Waals surface area contributed by atoms with Crippen molar-refractivity contribution in [3.05, 3.63) is 54.0 Å². The van der Waals surface area contributed by atoms with Gasteiger partial charge in [-0.05, 0) is 38.1 Å². The minimum absolute atomic E-state index is 0.0490. The summed E-state index contributed by atoms with van der Waals surface area (Å²) in [4.78, 5) is 46.9. The number of ketones is 1. The molecule has 0 saturated heterocycles. The van der Waals surface area contributed by atoms with E-state index in [0.29, 0.717) is 11.3 Å². The molecule has 142 valence electrons. The number of hydrogen-bond donors (Lipinski definition) is 2. The molecule has 2 N–H and O–H groups in total. The molecular formula is C19H20N2O6. The molecule has 8 nitrogen and oxygen atoms in total. The summed E-state index contributed by atoms with van der Waals surface area (Å²) < 4.78 is 9.97. The minimum atomic E-state index is -1.03. The van der Waals surface area contributed by atoms with Gasteiger partial charge in [-0.15, -0.1) is 0 Å². The van der Waals surface area contributed by atoms with E-state index in [0.717, 1.165) is 0 Å². The highest BCUT2D eigenvalue weighted by Gasteiger charge is 2.18. The van der Waals surface area contributed by atoms with Crippen LogP contribution in [0.1, 0.15) is 41.2 Å². The third-order valence-corrected chi connectivity index (χ3v) is 3.57. The first kappa shape index (κ1) is 19.9. The first-order valence-corrected chi connectivity index (χ1v) is 8.30. The molecule has 27 heavy (non-hydrogen) atoms. The summed E-state index contributed by atoms with van der Waals surface area (Å²) in [6, 6.07) is 9.53. The molecule has 0 bridgehead atoms. The van der Waals surface area contributed by atoms with Crippen LogP contribution < -0.4 is 10.6 Å². The van der Waals surface area contributed by atoms with Crippen molar-refractivity contribution in [3.63, 3.8) is 0 Å². The number of esters is 1.